The maximum absolute atomic E-state index is 6.64. The topological polar surface area (TPSA) is 135 Å². The molecule has 0 aliphatic rings. The van der Waals surface area contributed by atoms with Crippen LogP contribution < -0.4 is 25.7 Å². The zero-order chi connectivity index (χ0) is 32.0. The van der Waals surface area contributed by atoms with Crippen LogP contribution in [-0.4, -0.2) is 59.8 Å². The SMILES string of the molecule is CCN(C[C@@H](N)COc1cncc(-c2cc3c(cnc4cc(OC)c(OC)cc43)c(N)n2)c1)C(Cc1ccccc1)c1ccco1. The number of hydrogen-bond donors (Lipinski definition) is 2. The lowest BCUT2D eigenvalue weighted by atomic mass is 10.0. The van der Waals surface area contributed by atoms with E-state index in [4.69, 9.17) is 30.1 Å². The number of ether oxygens (including phenoxy) is 3. The highest BCUT2D eigenvalue weighted by Crippen LogP contribution is 2.37. The van der Waals surface area contributed by atoms with E-state index in [9.17, 15) is 0 Å². The molecule has 0 aliphatic carbocycles. The number of methoxy groups -OCH3 is 2. The minimum Gasteiger partial charge on any atom is -0.493 e. The van der Waals surface area contributed by atoms with E-state index in [1.54, 1.807) is 39.1 Å². The predicted molar refractivity (Wildman–Crippen MR) is 180 cm³/mol. The molecule has 46 heavy (non-hydrogen) atoms. The van der Waals surface area contributed by atoms with Gasteiger partial charge in [0.1, 0.15) is 23.9 Å². The van der Waals surface area contributed by atoms with Crippen molar-refractivity contribution in [2.75, 3.05) is 39.6 Å². The Balaban J connectivity index is 1.20. The van der Waals surface area contributed by atoms with Crippen LogP contribution in [0.15, 0.2) is 96.0 Å². The van der Waals surface area contributed by atoms with Gasteiger partial charge in [-0.1, -0.05) is 37.3 Å². The summed E-state index contributed by atoms with van der Waals surface area (Å²) >= 11 is 0. The Hall–Kier alpha value is -5.19. The van der Waals surface area contributed by atoms with Crippen molar-refractivity contribution in [2.45, 2.75) is 25.4 Å². The van der Waals surface area contributed by atoms with Crippen LogP contribution >= 0.6 is 0 Å². The molecule has 10 heteroatoms. The molecule has 236 valence electrons. The third kappa shape index (κ3) is 6.58. The van der Waals surface area contributed by atoms with Gasteiger partial charge in [0.05, 0.1) is 50.0 Å². The van der Waals surface area contributed by atoms with Crippen molar-refractivity contribution in [3.63, 3.8) is 0 Å². The molecule has 6 aromatic rings. The molecule has 0 saturated carbocycles. The normalized spacial score (nSPS) is 12.8. The fourth-order valence-electron chi connectivity index (χ4n) is 5.81. The lowest BCUT2D eigenvalue weighted by Crippen LogP contribution is -2.43. The van der Waals surface area contributed by atoms with Gasteiger partial charge in [-0.05, 0) is 54.2 Å². The average molecular weight is 619 g/mol. The molecule has 0 amide bonds. The highest BCUT2D eigenvalue weighted by molar-refractivity contribution is 6.10. The van der Waals surface area contributed by atoms with E-state index in [-0.39, 0.29) is 12.1 Å². The monoisotopic (exact) mass is 618 g/mol. The number of furan rings is 1. The molecule has 10 nitrogen and oxygen atoms in total. The van der Waals surface area contributed by atoms with Gasteiger partial charge in [0.25, 0.3) is 0 Å². The van der Waals surface area contributed by atoms with E-state index >= 15 is 0 Å². The maximum atomic E-state index is 6.64. The maximum Gasteiger partial charge on any atom is 0.162 e. The first-order valence-electron chi connectivity index (χ1n) is 15.2. The zero-order valence-electron chi connectivity index (χ0n) is 26.2. The van der Waals surface area contributed by atoms with Gasteiger partial charge in [0, 0.05) is 41.3 Å². The molecule has 1 unspecified atom stereocenters. The Morgan fingerprint density at radius 1 is 0.891 bits per heavy atom. The number of nitrogens with two attached hydrogens (primary N) is 2. The second-order valence-electron chi connectivity index (χ2n) is 11.1. The molecule has 0 radical (unpaired) electrons. The number of hydrogen-bond acceptors (Lipinski definition) is 10. The van der Waals surface area contributed by atoms with Crippen LogP contribution in [0, 0.1) is 0 Å². The number of likely N-dealkylation sites (N-methyl/N-ethyl adjacent to an activating group) is 1. The first-order chi connectivity index (χ1) is 22.5. The van der Waals surface area contributed by atoms with Crippen molar-refractivity contribution >= 4 is 27.5 Å². The highest BCUT2D eigenvalue weighted by Gasteiger charge is 2.24. The number of fused-ring (bicyclic) bond motifs is 3. The van der Waals surface area contributed by atoms with Crippen LogP contribution in [0.3, 0.4) is 0 Å². The van der Waals surface area contributed by atoms with Crippen molar-refractivity contribution in [3.8, 4) is 28.5 Å². The van der Waals surface area contributed by atoms with E-state index in [1.165, 1.54) is 5.56 Å². The molecule has 6 rings (SSSR count). The number of pyridine rings is 3. The van der Waals surface area contributed by atoms with E-state index < -0.39 is 0 Å². The summed E-state index contributed by atoms with van der Waals surface area (Å²) in [5, 5.41) is 2.51. The molecule has 0 spiro atoms. The predicted octanol–water partition coefficient (Wildman–Crippen LogP) is 6.05. The molecule has 0 fully saturated rings. The van der Waals surface area contributed by atoms with Crippen molar-refractivity contribution in [1.29, 1.82) is 0 Å². The van der Waals surface area contributed by atoms with Crippen molar-refractivity contribution in [2.24, 2.45) is 5.73 Å². The summed E-state index contributed by atoms with van der Waals surface area (Å²) < 4.78 is 23.0. The summed E-state index contributed by atoms with van der Waals surface area (Å²) in [4.78, 5) is 16.0. The second-order valence-corrected chi connectivity index (χ2v) is 11.1. The number of benzene rings is 2. The lowest BCUT2D eigenvalue weighted by Gasteiger charge is -2.31. The number of nitrogen functional groups attached to an aromatic ring is 1. The van der Waals surface area contributed by atoms with Gasteiger partial charge in [-0.2, -0.15) is 0 Å². The van der Waals surface area contributed by atoms with Crippen LogP contribution in [0.1, 0.15) is 24.3 Å². The summed E-state index contributed by atoms with van der Waals surface area (Å²) in [5.74, 6) is 3.08. The Morgan fingerprint density at radius 2 is 1.70 bits per heavy atom. The Bertz CT molecular complexity index is 1920. The van der Waals surface area contributed by atoms with Gasteiger partial charge in [-0.15, -0.1) is 0 Å². The standard InChI is InChI=1S/C36H38N6O4/c1-4-42(32(33-11-8-12-45-33)13-23-9-6-5-7-10-23)21-25(37)22-46-26-14-24(18-39-19-26)30-15-27-28-16-34(43-2)35(44-3)17-31(28)40-20-29(27)36(38)41-30/h5-12,14-20,25,32H,4,13,21-22,37H2,1-3H3,(H2,38,41)/t25-,32?/m1/s1. The van der Waals surface area contributed by atoms with Gasteiger partial charge in [0.15, 0.2) is 11.5 Å². The lowest BCUT2D eigenvalue weighted by molar-refractivity contribution is 0.154. The summed E-state index contributed by atoms with van der Waals surface area (Å²) in [7, 11) is 3.21. The highest BCUT2D eigenvalue weighted by atomic mass is 16.5. The smallest absolute Gasteiger partial charge is 0.162 e. The fraction of sp³-hybridized carbons (Fsp3) is 0.250. The van der Waals surface area contributed by atoms with Crippen molar-refractivity contribution in [1.82, 2.24) is 19.9 Å². The molecular formula is C36H38N6O4. The largest absolute Gasteiger partial charge is 0.493 e. The number of nitrogens with zero attached hydrogens (tertiary/aromatic N) is 4. The van der Waals surface area contributed by atoms with E-state index in [0.29, 0.717) is 41.9 Å². The van der Waals surface area contributed by atoms with Gasteiger partial charge >= 0.3 is 0 Å². The van der Waals surface area contributed by atoms with Crippen molar-refractivity contribution < 1.29 is 18.6 Å². The molecule has 4 N–H and O–H groups in total. The molecular weight excluding hydrogens is 580 g/mol. The average Bonchev–Trinajstić information content (AvgIpc) is 3.63. The van der Waals surface area contributed by atoms with Crippen LogP contribution in [0.2, 0.25) is 0 Å². The van der Waals surface area contributed by atoms with Crippen LogP contribution in [0.25, 0.3) is 32.9 Å². The minimum atomic E-state index is -0.253. The molecule has 0 aliphatic heterocycles. The van der Waals surface area contributed by atoms with Gasteiger partial charge in [-0.3, -0.25) is 14.9 Å². The fourth-order valence-corrected chi connectivity index (χ4v) is 5.81. The Kier molecular flexibility index (Phi) is 9.28. The minimum absolute atomic E-state index is 0.0511. The molecule has 0 saturated heterocycles. The summed E-state index contributed by atoms with van der Waals surface area (Å²) in [6, 6.07) is 21.8. The zero-order valence-corrected chi connectivity index (χ0v) is 26.2. The van der Waals surface area contributed by atoms with E-state index in [1.807, 2.05) is 42.5 Å². The number of rotatable bonds is 13. The number of aromatic nitrogens is 3. The molecule has 0 bridgehead atoms. The van der Waals surface area contributed by atoms with Crippen LogP contribution in [0.5, 0.6) is 17.2 Å². The van der Waals surface area contributed by atoms with E-state index in [0.717, 1.165) is 46.0 Å². The second kappa shape index (κ2) is 13.8. The first kappa shape index (κ1) is 30.8. The summed E-state index contributed by atoms with van der Waals surface area (Å²) in [5.41, 5.74) is 16.5. The molecule has 2 atom stereocenters. The van der Waals surface area contributed by atoms with Gasteiger partial charge < -0.3 is 30.1 Å². The molecule has 2 aromatic carbocycles. The third-order valence-corrected chi connectivity index (χ3v) is 8.15. The molecule has 4 aromatic heterocycles. The molecule has 4 heterocycles. The van der Waals surface area contributed by atoms with Crippen molar-refractivity contribution in [3.05, 3.63) is 103 Å². The van der Waals surface area contributed by atoms with Crippen LogP contribution in [-0.2, 0) is 6.42 Å². The van der Waals surface area contributed by atoms with Gasteiger partial charge in [0.2, 0.25) is 0 Å². The van der Waals surface area contributed by atoms with E-state index in [2.05, 4.69) is 51.0 Å². The Labute approximate surface area is 267 Å². The Morgan fingerprint density at radius 3 is 2.43 bits per heavy atom. The summed E-state index contributed by atoms with van der Waals surface area (Å²) in [6.45, 7) is 3.87. The van der Waals surface area contributed by atoms with Gasteiger partial charge in [-0.25, -0.2) is 4.98 Å². The first-order valence-corrected chi connectivity index (χ1v) is 15.2. The quantitative estimate of drug-likeness (QED) is 0.147. The van der Waals surface area contributed by atoms with Crippen LogP contribution in [0.4, 0.5) is 5.82 Å². The summed E-state index contributed by atoms with van der Waals surface area (Å²) in [6.07, 6.45) is 7.68. The third-order valence-electron chi connectivity index (χ3n) is 8.15. The number of anilines is 1.